The molecule has 2 aromatic rings. The number of hydrogen-bond acceptors (Lipinski definition) is 3. The van der Waals surface area contributed by atoms with Crippen LogP contribution in [0, 0.1) is 13.8 Å². The number of nitrogens with zero attached hydrogens (tertiary/aromatic N) is 1. The summed E-state index contributed by atoms with van der Waals surface area (Å²) in [6, 6.07) is 7.15. The summed E-state index contributed by atoms with van der Waals surface area (Å²) in [5.41, 5.74) is 1.67. The molecule has 0 bridgehead atoms. The highest BCUT2D eigenvalue weighted by atomic mass is 16.4. The normalized spacial score (nSPS) is 10.4. The van der Waals surface area contributed by atoms with Crippen LogP contribution in [0.3, 0.4) is 0 Å². The maximum absolute atomic E-state index is 11.9. The lowest BCUT2D eigenvalue weighted by molar-refractivity contribution is 0.0697. The molecule has 98 valence electrons. The van der Waals surface area contributed by atoms with Crippen LogP contribution in [0.1, 0.15) is 21.6 Å². The van der Waals surface area contributed by atoms with Gasteiger partial charge in [0.05, 0.1) is 11.3 Å². The van der Waals surface area contributed by atoms with Crippen molar-refractivity contribution in [1.82, 2.24) is 4.57 Å². The lowest BCUT2D eigenvalue weighted by atomic mass is 10.1. The first-order valence-corrected chi connectivity index (χ1v) is 5.67. The van der Waals surface area contributed by atoms with Crippen LogP contribution in [0.4, 0.5) is 0 Å². The van der Waals surface area contributed by atoms with Gasteiger partial charge in [-0.1, -0.05) is 0 Å². The second kappa shape index (κ2) is 4.61. The Balaban J connectivity index is 2.67. The molecule has 0 amide bonds. The van der Waals surface area contributed by atoms with Gasteiger partial charge < -0.3 is 10.2 Å². The Bertz CT molecular complexity index is 716. The molecule has 0 fully saturated rings. The van der Waals surface area contributed by atoms with E-state index in [2.05, 4.69) is 0 Å². The standard InChI is InChI=1S/C14H13NO4/c1-8-5-10(14(18)19)3-4-12(8)15-9(2)6-11(16)7-13(15)17/h3-7,16H,1-2H3,(H,18,19). The highest BCUT2D eigenvalue weighted by molar-refractivity contribution is 5.88. The van der Waals surface area contributed by atoms with Crippen LogP contribution in [-0.2, 0) is 0 Å². The zero-order valence-corrected chi connectivity index (χ0v) is 10.5. The Hall–Kier alpha value is -2.56. The van der Waals surface area contributed by atoms with Crippen LogP contribution in [0.5, 0.6) is 5.75 Å². The lowest BCUT2D eigenvalue weighted by Crippen LogP contribution is -2.20. The largest absolute Gasteiger partial charge is 0.508 e. The Morgan fingerprint density at radius 3 is 2.37 bits per heavy atom. The van der Waals surface area contributed by atoms with E-state index in [-0.39, 0.29) is 16.9 Å². The summed E-state index contributed by atoms with van der Waals surface area (Å²) in [6.07, 6.45) is 0. The number of aromatic hydroxyl groups is 1. The number of carboxylic acids is 1. The molecule has 1 aromatic heterocycles. The van der Waals surface area contributed by atoms with Crippen molar-refractivity contribution in [2.75, 3.05) is 0 Å². The van der Waals surface area contributed by atoms with Crippen molar-refractivity contribution in [1.29, 1.82) is 0 Å². The first-order valence-electron chi connectivity index (χ1n) is 5.67. The first-order chi connectivity index (χ1) is 8.90. The number of hydrogen-bond donors (Lipinski definition) is 2. The molecule has 0 unspecified atom stereocenters. The molecule has 0 saturated carbocycles. The molecule has 5 heteroatoms. The molecular formula is C14H13NO4. The Kier molecular flexibility index (Phi) is 3.12. The minimum absolute atomic E-state index is 0.0847. The van der Waals surface area contributed by atoms with Crippen LogP contribution in [0.15, 0.2) is 35.1 Å². The summed E-state index contributed by atoms with van der Waals surface area (Å²) in [4.78, 5) is 22.8. The minimum Gasteiger partial charge on any atom is -0.508 e. The topological polar surface area (TPSA) is 79.5 Å². The quantitative estimate of drug-likeness (QED) is 0.862. The summed E-state index contributed by atoms with van der Waals surface area (Å²) < 4.78 is 1.43. The fourth-order valence-corrected chi connectivity index (χ4v) is 2.03. The number of aromatic nitrogens is 1. The van der Waals surface area contributed by atoms with Gasteiger partial charge in [0, 0.05) is 11.8 Å². The predicted molar refractivity (Wildman–Crippen MR) is 70.1 cm³/mol. The van der Waals surface area contributed by atoms with E-state index >= 15 is 0 Å². The van der Waals surface area contributed by atoms with Crippen molar-refractivity contribution in [3.63, 3.8) is 0 Å². The van der Waals surface area contributed by atoms with Gasteiger partial charge in [0.1, 0.15) is 5.75 Å². The van der Waals surface area contributed by atoms with Gasteiger partial charge in [-0.2, -0.15) is 0 Å². The molecule has 1 aromatic carbocycles. The zero-order valence-electron chi connectivity index (χ0n) is 10.5. The van der Waals surface area contributed by atoms with E-state index in [0.29, 0.717) is 16.9 Å². The predicted octanol–water partition coefficient (Wildman–Crippen LogP) is 1.86. The highest BCUT2D eigenvalue weighted by Crippen LogP contribution is 2.18. The van der Waals surface area contributed by atoms with E-state index in [0.717, 1.165) is 6.07 Å². The number of carboxylic acid groups (broad SMARTS) is 1. The van der Waals surface area contributed by atoms with Gasteiger partial charge >= 0.3 is 5.97 Å². The van der Waals surface area contributed by atoms with E-state index in [1.807, 2.05) is 0 Å². The molecule has 19 heavy (non-hydrogen) atoms. The summed E-state index contributed by atoms with van der Waals surface area (Å²) in [5, 5.41) is 18.3. The van der Waals surface area contributed by atoms with Gasteiger partial charge in [-0.05, 0) is 43.7 Å². The first kappa shape index (κ1) is 12.9. The van der Waals surface area contributed by atoms with Gasteiger partial charge in [0.25, 0.3) is 5.56 Å². The van der Waals surface area contributed by atoms with Gasteiger partial charge in [0.15, 0.2) is 0 Å². The summed E-state index contributed by atoms with van der Waals surface area (Å²) in [7, 11) is 0. The van der Waals surface area contributed by atoms with E-state index in [9.17, 15) is 14.7 Å². The summed E-state index contributed by atoms with van der Waals surface area (Å²) in [5.74, 6) is -1.09. The van der Waals surface area contributed by atoms with Crippen LogP contribution < -0.4 is 5.56 Å². The fourth-order valence-electron chi connectivity index (χ4n) is 2.03. The molecule has 5 nitrogen and oxygen atoms in total. The van der Waals surface area contributed by atoms with Crippen molar-refractivity contribution in [3.05, 3.63) is 57.5 Å². The van der Waals surface area contributed by atoms with Gasteiger partial charge in [-0.3, -0.25) is 9.36 Å². The lowest BCUT2D eigenvalue weighted by Gasteiger charge is -2.13. The number of benzene rings is 1. The van der Waals surface area contributed by atoms with Crippen LogP contribution in [0.25, 0.3) is 5.69 Å². The monoisotopic (exact) mass is 259 g/mol. The molecule has 2 rings (SSSR count). The third-order valence-corrected chi connectivity index (χ3v) is 2.89. The van der Waals surface area contributed by atoms with Crippen LogP contribution >= 0.6 is 0 Å². The molecule has 0 saturated heterocycles. The van der Waals surface area contributed by atoms with Gasteiger partial charge in [-0.25, -0.2) is 4.79 Å². The highest BCUT2D eigenvalue weighted by Gasteiger charge is 2.10. The zero-order chi connectivity index (χ0) is 14.2. The second-order valence-corrected chi connectivity index (χ2v) is 4.33. The average Bonchev–Trinajstić information content (AvgIpc) is 2.29. The van der Waals surface area contributed by atoms with Crippen molar-refractivity contribution in [2.45, 2.75) is 13.8 Å². The molecule has 0 aliphatic heterocycles. The molecule has 2 N–H and O–H groups in total. The van der Waals surface area contributed by atoms with Crippen LogP contribution in [-0.4, -0.2) is 20.7 Å². The fraction of sp³-hybridized carbons (Fsp3) is 0.143. The second-order valence-electron chi connectivity index (χ2n) is 4.33. The van der Waals surface area contributed by atoms with Crippen molar-refractivity contribution in [3.8, 4) is 11.4 Å². The number of aryl methyl sites for hydroxylation is 2. The molecule has 0 spiro atoms. The number of rotatable bonds is 2. The minimum atomic E-state index is -1.01. The molecule has 0 aliphatic carbocycles. The van der Waals surface area contributed by atoms with Crippen molar-refractivity contribution < 1.29 is 15.0 Å². The van der Waals surface area contributed by atoms with Gasteiger partial charge in [-0.15, -0.1) is 0 Å². The number of pyridine rings is 1. The SMILES string of the molecule is Cc1cc(C(=O)O)ccc1-n1c(C)cc(O)cc1=O. The van der Waals surface area contributed by atoms with E-state index in [4.69, 9.17) is 5.11 Å². The molecule has 1 heterocycles. The van der Waals surface area contributed by atoms with E-state index in [1.54, 1.807) is 19.9 Å². The maximum Gasteiger partial charge on any atom is 0.335 e. The Morgan fingerprint density at radius 1 is 1.16 bits per heavy atom. The van der Waals surface area contributed by atoms with E-state index < -0.39 is 5.97 Å². The van der Waals surface area contributed by atoms with Crippen molar-refractivity contribution in [2.24, 2.45) is 0 Å². The summed E-state index contributed by atoms with van der Waals surface area (Å²) in [6.45, 7) is 3.44. The Labute approximate surface area is 109 Å². The van der Waals surface area contributed by atoms with Gasteiger partial charge in [0.2, 0.25) is 0 Å². The van der Waals surface area contributed by atoms with Crippen LogP contribution in [0.2, 0.25) is 0 Å². The van der Waals surface area contributed by atoms with E-state index in [1.165, 1.54) is 22.8 Å². The molecular weight excluding hydrogens is 246 g/mol. The third-order valence-electron chi connectivity index (χ3n) is 2.89. The number of aromatic carboxylic acids is 1. The molecule has 0 atom stereocenters. The maximum atomic E-state index is 11.9. The number of carbonyl (C=O) groups is 1. The molecule has 0 radical (unpaired) electrons. The molecule has 0 aliphatic rings. The van der Waals surface area contributed by atoms with Crippen molar-refractivity contribution >= 4 is 5.97 Å². The third kappa shape index (κ3) is 2.35. The summed E-state index contributed by atoms with van der Waals surface area (Å²) >= 11 is 0. The Morgan fingerprint density at radius 2 is 1.84 bits per heavy atom. The smallest absolute Gasteiger partial charge is 0.335 e. The average molecular weight is 259 g/mol.